The fourth-order valence-corrected chi connectivity index (χ4v) is 3.31. The average Bonchev–Trinajstić information content (AvgIpc) is 2.64. The molecule has 2 N–H and O–H groups in total. The lowest BCUT2D eigenvalue weighted by Crippen LogP contribution is -2.20. The van der Waals surface area contributed by atoms with Gasteiger partial charge < -0.3 is 10.1 Å². The Bertz CT molecular complexity index is 862. The highest BCUT2D eigenvalue weighted by Crippen LogP contribution is 2.21. The van der Waals surface area contributed by atoms with E-state index in [1.54, 1.807) is 43.3 Å². The van der Waals surface area contributed by atoms with Gasteiger partial charge in [0, 0.05) is 11.3 Å². The van der Waals surface area contributed by atoms with Gasteiger partial charge in [0.1, 0.15) is 5.75 Å². The summed E-state index contributed by atoms with van der Waals surface area (Å²) >= 11 is 0. The number of carbonyl (C=O) groups is 1. The summed E-state index contributed by atoms with van der Waals surface area (Å²) in [5.74, 6) is 0.398. The zero-order valence-corrected chi connectivity index (χ0v) is 16.0. The van der Waals surface area contributed by atoms with Gasteiger partial charge in [-0.15, -0.1) is 0 Å². The molecule has 1 amide bonds. The molecule has 0 spiro atoms. The minimum Gasteiger partial charge on any atom is -0.494 e. The fraction of sp³-hybridized carbons (Fsp3) is 0.316. The van der Waals surface area contributed by atoms with E-state index in [1.807, 2.05) is 0 Å². The standard InChI is InChI=1S/C19H24N2O4S/c1-4-5-12-25-17-10-7-15(8-11-17)19(22)21-16-9-6-14(2)18(13-16)26(23,24)20-3/h6-11,13,20H,4-5,12H2,1-3H3,(H,21,22). The highest BCUT2D eigenvalue weighted by Gasteiger charge is 2.16. The number of anilines is 1. The van der Waals surface area contributed by atoms with Gasteiger partial charge in [-0.05, 0) is 62.4 Å². The second kappa shape index (κ2) is 8.82. The molecule has 0 aliphatic heterocycles. The van der Waals surface area contributed by atoms with Crippen LogP contribution in [0.2, 0.25) is 0 Å². The molecule has 0 radical (unpaired) electrons. The molecule has 0 saturated heterocycles. The summed E-state index contributed by atoms with van der Waals surface area (Å²) in [6.45, 7) is 4.44. The highest BCUT2D eigenvalue weighted by atomic mass is 32.2. The topological polar surface area (TPSA) is 84.5 Å². The van der Waals surface area contributed by atoms with Gasteiger partial charge >= 0.3 is 0 Å². The van der Waals surface area contributed by atoms with Crippen LogP contribution in [0.25, 0.3) is 0 Å². The molecule has 0 bridgehead atoms. The van der Waals surface area contributed by atoms with Gasteiger partial charge in [-0.3, -0.25) is 4.79 Å². The molecule has 0 aliphatic rings. The number of ether oxygens (including phenoxy) is 1. The number of rotatable bonds is 8. The summed E-state index contributed by atoms with van der Waals surface area (Å²) in [4.78, 5) is 12.5. The summed E-state index contributed by atoms with van der Waals surface area (Å²) < 4.78 is 31.9. The average molecular weight is 376 g/mol. The Morgan fingerprint density at radius 3 is 2.42 bits per heavy atom. The lowest BCUT2D eigenvalue weighted by atomic mass is 10.2. The van der Waals surface area contributed by atoms with E-state index in [0.29, 0.717) is 29.2 Å². The van der Waals surface area contributed by atoms with E-state index in [1.165, 1.54) is 13.1 Å². The second-order valence-electron chi connectivity index (χ2n) is 5.87. The summed E-state index contributed by atoms with van der Waals surface area (Å²) in [7, 11) is -2.24. The number of hydrogen-bond acceptors (Lipinski definition) is 4. The van der Waals surface area contributed by atoms with Crippen molar-refractivity contribution in [3.8, 4) is 5.75 Å². The smallest absolute Gasteiger partial charge is 0.255 e. The van der Waals surface area contributed by atoms with E-state index < -0.39 is 10.0 Å². The molecule has 0 aromatic heterocycles. The Hall–Kier alpha value is -2.38. The number of unbranched alkanes of at least 4 members (excludes halogenated alkanes) is 1. The molecule has 2 aromatic rings. The summed E-state index contributed by atoms with van der Waals surface area (Å²) in [6, 6.07) is 11.6. The van der Waals surface area contributed by atoms with Crippen molar-refractivity contribution in [3.63, 3.8) is 0 Å². The van der Waals surface area contributed by atoms with Crippen LogP contribution in [0, 0.1) is 6.92 Å². The fourth-order valence-electron chi connectivity index (χ4n) is 2.32. The van der Waals surface area contributed by atoms with Gasteiger partial charge in [-0.25, -0.2) is 13.1 Å². The first kappa shape index (κ1) is 19.9. The van der Waals surface area contributed by atoms with Gasteiger partial charge in [0.2, 0.25) is 10.0 Å². The van der Waals surface area contributed by atoms with Crippen LogP contribution in [0.15, 0.2) is 47.4 Å². The summed E-state index contributed by atoms with van der Waals surface area (Å²) in [5, 5.41) is 2.72. The first-order valence-corrected chi connectivity index (χ1v) is 9.94. The molecule has 2 rings (SSSR count). The van der Waals surface area contributed by atoms with E-state index in [0.717, 1.165) is 12.8 Å². The third kappa shape index (κ3) is 5.06. The van der Waals surface area contributed by atoms with Crippen LogP contribution < -0.4 is 14.8 Å². The maximum Gasteiger partial charge on any atom is 0.255 e. The number of hydrogen-bond donors (Lipinski definition) is 2. The number of sulfonamides is 1. The van der Waals surface area contributed by atoms with Gasteiger partial charge in [0.15, 0.2) is 0 Å². The molecule has 0 unspecified atom stereocenters. The Labute approximate surface area is 154 Å². The molecule has 0 aliphatic carbocycles. The first-order chi connectivity index (χ1) is 12.4. The molecule has 2 aromatic carbocycles. The molecule has 0 atom stereocenters. The lowest BCUT2D eigenvalue weighted by Gasteiger charge is -2.11. The number of nitrogens with one attached hydrogen (secondary N) is 2. The molecule has 7 heteroatoms. The number of amides is 1. The molecular formula is C19H24N2O4S. The van der Waals surface area contributed by atoms with Crippen LogP contribution in [-0.2, 0) is 10.0 Å². The Morgan fingerprint density at radius 1 is 1.12 bits per heavy atom. The maximum atomic E-state index is 12.4. The summed E-state index contributed by atoms with van der Waals surface area (Å²) in [5.41, 5.74) is 1.48. The maximum absolute atomic E-state index is 12.4. The van der Waals surface area contributed by atoms with Crippen LogP contribution in [0.4, 0.5) is 5.69 Å². The van der Waals surface area contributed by atoms with Gasteiger partial charge in [0.05, 0.1) is 11.5 Å². The molecular weight excluding hydrogens is 352 g/mol. The number of aryl methyl sites for hydroxylation is 1. The monoisotopic (exact) mass is 376 g/mol. The predicted octanol–water partition coefficient (Wildman–Crippen LogP) is 3.33. The third-order valence-electron chi connectivity index (χ3n) is 3.89. The summed E-state index contributed by atoms with van der Waals surface area (Å²) in [6.07, 6.45) is 2.04. The van der Waals surface area contributed by atoms with Crippen molar-refractivity contribution in [2.75, 3.05) is 19.0 Å². The Morgan fingerprint density at radius 2 is 1.81 bits per heavy atom. The van der Waals surface area contributed by atoms with E-state index in [4.69, 9.17) is 4.74 Å². The molecule has 0 saturated carbocycles. The van der Waals surface area contributed by atoms with Crippen LogP contribution in [-0.4, -0.2) is 28.0 Å². The number of carbonyl (C=O) groups excluding carboxylic acids is 1. The van der Waals surface area contributed by atoms with Crippen molar-refractivity contribution in [1.29, 1.82) is 0 Å². The van der Waals surface area contributed by atoms with Gasteiger partial charge in [-0.2, -0.15) is 0 Å². The van der Waals surface area contributed by atoms with E-state index >= 15 is 0 Å². The molecule has 26 heavy (non-hydrogen) atoms. The molecule has 6 nitrogen and oxygen atoms in total. The van der Waals surface area contributed by atoms with E-state index in [9.17, 15) is 13.2 Å². The zero-order valence-electron chi connectivity index (χ0n) is 15.2. The number of benzene rings is 2. The molecule has 140 valence electrons. The quantitative estimate of drug-likeness (QED) is 0.692. The van der Waals surface area contributed by atoms with Crippen molar-refractivity contribution >= 4 is 21.6 Å². The SMILES string of the molecule is CCCCOc1ccc(C(=O)Nc2ccc(C)c(S(=O)(=O)NC)c2)cc1. The van der Waals surface area contributed by atoms with E-state index in [-0.39, 0.29) is 10.8 Å². The van der Waals surface area contributed by atoms with Crippen LogP contribution >= 0.6 is 0 Å². The second-order valence-corrected chi connectivity index (χ2v) is 7.72. The highest BCUT2D eigenvalue weighted by molar-refractivity contribution is 7.89. The zero-order chi connectivity index (χ0) is 19.2. The van der Waals surface area contributed by atoms with Crippen LogP contribution in [0.5, 0.6) is 5.75 Å². The van der Waals surface area contributed by atoms with Crippen molar-refractivity contribution in [2.24, 2.45) is 0 Å². The van der Waals surface area contributed by atoms with Gasteiger partial charge in [-0.1, -0.05) is 19.4 Å². The molecule has 0 fully saturated rings. The predicted molar refractivity (Wildman–Crippen MR) is 102 cm³/mol. The Kier molecular flexibility index (Phi) is 6.76. The van der Waals surface area contributed by atoms with Crippen LogP contribution in [0.1, 0.15) is 35.7 Å². The van der Waals surface area contributed by atoms with E-state index in [2.05, 4.69) is 17.0 Å². The largest absolute Gasteiger partial charge is 0.494 e. The lowest BCUT2D eigenvalue weighted by molar-refractivity contribution is 0.102. The van der Waals surface area contributed by atoms with Crippen LogP contribution in [0.3, 0.4) is 0 Å². The van der Waals surface area contributed by atoms with Crippen molar-refractivity contribution in [3.05, 3.63) is 53.6 Å². The Balaban J connectivity index is 2.11. The first-order valence-electron chi connectivity index (χ1n) is 8.46. The molecule has 0 heterocycles. The van der Waals surface area contributed by atoms with Crippen molar-refractivity contribution in [2.45, 2.75) is 31.6 Å². The van der Waals surface area contributed by atoms with Gasteiger partial charge in [0.25, 0.3) is 5.91 Å². The van der Waals surface area contributed by atoms with Crippen molar-refractivity contribution < 1.29 is 17.9 Å². The normalized spacial score (nSPS) is 11.2. The third-order valence-corrected chi connectivity index (χ3v) is 5.44. The minimum atomic E-state index is -3.59. The minimum absolute atomic E-state index is 0.137. The van der Waals surface area contributed by atoms with Crippen molar-refractivity contribution in [1.82, 2.24) is 4.72 Å².